The minimum atomic E-state index is -4.91. The van der Waals surface area contributed by atoms with E-state index in [9.17, 15) is 26.6 Å². The molecular formula is C29H39N4O10PS2. The summed E-state index contributed by atoms with van der Waals surface area (Å²) in [6, 6.07) is 8.45. The van der Waals surface area contributed by atoms with Crippen molar-refractivity contribution in [3.8, 4) is 0 Å². The monoisotopic (exact) mass is 698 g/mol. The Hall–Kier alpha value is -2.69. The van der Waals surface area contributed by atoms with Crippen LogP contribution in [0.25, 0.3) is 0 Å². The van der Waals surface area contributed by atoms with Crippen molar-refractivity contribution in [1.29, 1.82) is 0 Å². The number of fused-ring (bicyclic) bond motifs is 2. The van der Waals surface area contributed by atoms with Gasteiger partial charge in [0.05, 0.1) is 9.79 Å². The Morgan fingerprint density at radius 2 is 1.15 bits per heavy atom. The van der Waals surface area contributed by atoms with Crippen molar-refractivity contribution >= 4 is 39.3 Å². The number of benzene rings is 2. The third kappa shape index (κ3) is 7.09. The van der Waals surface area contributed by atoms with Gasteiger partial charge in [-0.05, 0) is 60.8 Å². The number of phosphoric acid groups is 1. The van der Waals surface area contributed by atoms with E-state index in [2.05, 4.69) is 14.8 Å². The molecule has 2 aliphatic heterocycles. The molecule has 2 aromatic rings. The van der Waals surface area contributed by atoms with E-state index in [1.54, 1.807) is 0 Å². The summed E-state index contributed by atoms with van der Waals surface area (Å²) < 4.78 is 73.8. The number of sulfonamides is 2. The predicted molar refractivity (Wildman–Crippen MR) is 168 cm³/mol. The first-order chi connectivity index (χ1) is 21.5. The van der Waals surface area contributed by atoms with Gasteiger partial charge in [0.15, 0.2) is 0 Å². The molecule has 0 amide bonds. The molecule has 252 valence electrons. The zero-order valence-corrected chi connectivity index (χ0v) is 28.5. The molecule has 5 rings (SSSR count). The second-order valence-corrected chi connectivity index (χ2v) is 17.8. The van der Waals surface area contributed by atoms with Gasteiger partial charge in [0.1, 0.15) is 11.4 Å². The second-order valence-electron chi connectivity index (χ2n) is 12.7. The fourth-order valence-electron chi connectivity index (χ4n) is 6.75. The van der Waals surface area contributed by atoms with Gasteiger partial charge in [-0.25, -0.2) is 25.9 Å². The lowest BCUT2D eigenvalue weighted by Gasteiger charge is -2.34. The Bertz CT molecular complexity index is 1690. The Morgan fingerprint density at radius 3 is 1.52 bits per heavy atom. The van der Waals surface area contributed by atoms with E-state index in [4.69, 9.17) is 14.6 Å². The number of hydrogen-bond acceptors (Lipinski definition) is 10. The van der Waals surface area contributed by atoms with Crippen molar-refractivity contribution in [2.45, 2.75) is 50.3 Å². The van der Waals surface area contributed by atoms with Gasteiger partial charge in [0.2, 0.25) is 26.8 Å². The maximum Gasteiger partial charge on any atom is 0.472 e. The number of nitrogens with zero attached hydrogens (tertiary/aromatic N) is 4. The summed E-state index contributed by atoms with van der Waals surface area (Å²) in [6.07, 6.45) is 1.79. The van der Waals surface area contributed by atoms with Crippen LogP contribution in [0.15, 0.2) is 56.5 Å². The molecule has 1 aliphatic carbocycles. The predicted octanol–water partition coefficient (Wildman–Crippen LogP) is 3.40. The largest absolute Gasteiger partial charge is 0.472 e. The molecule has 17 heteroatoms. The van der Waals surface area contributed by atoms with E-state index >= 15 is 0 Å². The Morgan fingerprint density at radius 1 is 0.739 bits per heavy atom. The molecule has 14 nitrogen and oxygen atoms in total. The molecule has 46 heavy (non-hydrogen) atoms. The Labute approximate surface area is 269 Å². The van der Waals surface area contributed by atoms with Crippen LogP contribution in [0.2, 0.25) is 0 Å². The lowest BCUT2D eigenvalue weighted by molar-refractivity contribution is 0.00128. The van der Waals surface area contributed by atoms with Crippen LogP contribution in [0.4, 0.5) is 0 Å². The van der Waals surface area contributed by atoms with Crippen molar-refractivity contribution < 1.29 is 45.8 Å². The number of oxime groups is 2. The van der Waals surface area contributed by atoms with Gasteiger partial charge < -0.3 is 19.8 Å². The molecule has 0 aromatic heterocycles. The van der Waals surface area contributed by atoms with Crippen LogP contribution >= 0.6 is 7.82 Å². The number of piperidine rings is 2. The molecule has 2 fully saturated rings. The van der Waals surface area contributed by atoms with Crippen molar-refractivity contribution in [2.24, 2.45) is 34.0 Å². The van der Waals surface area contributed by atoms with Gasteiger partial charge in [-0.15, -0.1) is 0 Å². The van der Waals surface area contributed by atoms with Crippen LogP contribution in [-0.4, -0.2) is 84.8 Å². The fourth-order valence-corrected chi connectivity index (χ4v) is 10.4. The van der Waals surface area contributed by atoms with Crippen LogP contribution in [0.3, 0.4) is 0 Å². The summed E-state index contributed by atoms with van der Waals surface area (Å²) in [4.78, 5) is 23.2. The lowest BCUT2D eigenvalue weighted by Crippen LogP contribution is -2.42. The van der Waals surface area contributed by atoms with Crippen LogP contribution in [0.5, 0.6) is 0 Å². The van der Waals surface area contributed by atoms with Crippen LogP contribution in [0.1, 0.15) is 62.8 Å². The van der Waals surface area contributed by atoms with Gasteiger partial charge in [0.25, 0.3) is 0 Å². The molecule has 3 N–H and O–H groups in total. The van der Waals surface area contributed by atoms with Crippen LogP contribution in [-0.2, 0) is 34.0 Å². The molecule has 0 bridgehead atoms. The summed E-state index contributed by atoms with van der Waals surface area (Å²) in [6.45, 7) is 8.37. The molecule has 0 spiro atoms. The number of phosphoric ester groups is 1. The van der Waals surface area contributed by atoms with Crippen molar-refractivity contribution in [3.05, 3.63) is 58.7 Å². The average Bonchev–Trinajstić information content (AvgIpc) is 2.96. The van der Waals surface area contributed by atoms with E-state index in [0.29, 0.717) is 26.2 Å². The molecule has 0 saturated carbocycles. The van der Waals surface area contributed by atoms with Gasteiger partial charge in [-0.1, -0.05) is 50.1 Å². The molecule has 3 aliphatic rings. The maximum atomic E-state index is 13.8. The van der Waals surface area contributed by atoms with E-state index in [-0.39, 0.29) is 67.1 Å². The van der Waals surface area contributed by atoms with Crippen LogP contribution in [0, 0.1) is 23.7 Å². The number of rotatable bonds is 8. The quantitative estimate of drug-likeness (QED) is 0.103. The van der Waals surface area contributed by atoms with Gasteiger partial charge >= 0.3 is 7.82 Å². The zero-order chi connectivity index (χ0) is 33.6. The smallest absolute Gasteiger partial charge is 0.410 e. The molecule has 2 aromatic carbocycles. The third-order valence-corrected chi connectivity index (χ3v) is 12.6. The van der Waals surface area contributed by atoms with E-state index in [0.717, 1.165) is 12.8 Å². The van der Waals surface area contributed by atoms with E-state index < -0.39 is 34.7 Å². The number of hydrogen-bond donors (Lipinski definition) is 3. The van der Waals surface area contributed by atoms with Crippen LogP contribution < -0.4 is 0 Å². The molecular weight excluding hydrogens is 659 g/mol. The summed E-state index contributed by atoms with van der Waals surface area (Å²) in [5.74, 6) is 0.618. The molecule has 2 heterocycles. The molecule has 0 unspecified atom stereocenters. The zero-order valence-electron chi connectivity index (χ0n) is 26.0. The van der Waals surface area contributed by atoms with Crippen molar-refractivity contribution in [3.63, 3.8) is 0 Å². The molecule has 0 radical (unpaired) electrons. The maximum absolute atomic E-state index is 13.8. The van der Waals surface area contributed by atoms with Crippen molar-refractivity contribution in [2.75, 3.05) is 33.0 Å². The first kappa shape index (κ1) is 34.6. The summed E-state index contributed by atoms with van der Waals surface area (Å²) in [5, 5.41) is 17.6. The van der Waals surface area contributed by atoms with Gasteiger partial charge in [-0.2, -0.15) is 8.61 Å². The van der Waals surface area contributed by atoms with E-state index in [1.807, 2.05) is 27.7 Å². The highest BCUT2D eigenvalue weighted by molar-refractivity contribution is 7.89. The topological polar surface area (TPSA) is 196 Å². The highest BCUT2D eigenvalue weighted by atomic mass is 32.2. The third-order valence-electron chi connectivity index (χ3n) is 8.48. The summed E-state index contributed by atoms with van der Waals surface area (Å²) in [5.41, 5.74) is 0.852. The van der Waals surface area contributed by atoms with E-state index in [1.165, 1.54) is 45.0 Å². The molecule has 2 saturated heterocycles. The standard InChI is InChI=1S/C29H39N4O10PS2/c1-18-9-19(2)14-32(13-18)45(38,39)22-5-7-24-26(11-22)29(31-42-17-43-44(35,36)37)27-12-23(6-8-25(27)28(24)30-34)46(40,41)33-15-20(3)10-21(4)16-33/h5-8,11-12,18-21,34H,9-10,13-17H2,1-4H3,(H2,35,36,37)/t18-,19+,20-,21+. The fraction of sp³-hybridized carbons (Fsp3) is 0.517. The molecule has 4 atom stereocenters. The summed E-state index contributed by atoms with van der Waals surface area (Å²) >= 11 is 0. The SMILES string of the molecule is C[C@@H]1C[C@H](C)CN(S(=O)(=O)c2ccc3c(c2)C(=NOCOP(=O)(O)O)c2cc(S(=O)(=O)N4C[C@H](C)C[C@H](C)C4)ccc2C3=NO)C1. The van der Waals surface area contributed by atoms with Gasteiger partial charge in [0, 0.05) is 48.4 Å². The Kier molecular flexibility index (Phi) is 9.85. The minimum absolute atomic E-state index is 0.0402. The summed E-state index contributed by atoms with van der Waals surface area (Å²) in [7, 11) is -12.9. The first-order valence-electron chi connectivity index (χ1n) is 14.9. The minimum Gasteiger partial charge on any atom is -0.410 e. The normalized spacial score (nSPS) is 24.7. The Balaban J connectivity index is 1.63. The second kappa shape index (κ2) is 13.1. The lowest BCUT2D eigenvalue weighted by atomic mass is 9.83. The average molecular weight is 699 g/mol. The highest BCUT2D eigenvalue weighted by Crippen LogP contribution is 2.37. The highest BCUT2D eigenvalue weighted by Gasteiger charge is 2.37. The van der Waals surface area contributed by atoms with Crippen molar-refractivity contribution in [1.82, 2.24) is 8.61 Å². The van der Waals surface area contributed by atoms with Gasteiger partial charge in [-0.3, -0.25) is 0 Å². The first-order valence-corrected chi connectivity index (χ1v) is 19.3.